The SMILES string of the molecule is Cc1nccc(N(C)C(C)CC#N)n1. The number of anilines is 1. The lowest BCUT2D eigenvalue weighted by atomic mass is 10.2. The molecule has 0 bridgehead atoms. The lowest BCUT2D eigenvalue weighted by Crippen LogP contribution is -2.29. The second kappa shape index (κ2) is 4.56. The van der Waals surface area contributed by atoms with Gasteiger partial charge in [-0.15, -0.1) is 0 Å². The van der Waals surface area contributed by atoms with Crippen molar-refractivity contribution in [2.45, 2.75) is 26.3 Å². The van der Waals surface area contributed by atoms with E-state index in [1.165, 1.54) is 0 Å². The highest BCUT2D eigenvalue weighted by Crippen LogP contribution is 2.12. The van der Waals surface area contributed by atoms with Crippen LogP contribution in [0.3, 0.4) is 0 Å². The van der Waals surface area contributed by atoms with E-state index in [9.17, 15) is 0 Å². The Kier molecular flexibility index (Phi) is 3.41. The second-order valence-electron chi connectivity index (χ2n) is 3.28. The molecule has 1 aromatic heterocycles. The van der Waals surface area contributed by atoms with E-state index in [-0.39, 0.29) is 6.04 Å². The molecule has 0 aliphatic heterocycles. The average molecular weight is 190 g/mol. The Bertz CT molecular complexity index is 342. The van der Waals surface area contributed by atoms with Crippen LogP contribution in [-0.2, 0) is 0 Å². The number of nitrogens with zero attached hydrogens (tertiary/aromatic N) is 4. The molecule has 1 atom stereocenters. The lowest BCUT2D eigenvalue weighted by molar-refractivity contribution is 0.691. The molecule has 1 heterocycles. The number of aromatic nitrogens is 2. The van der Waals surface area contributed by atoms with E-state index >= 15 is 0 Å². The number of hydrogen-bond donors (Lipinski definition) is 0. The molecular weight excluding hydrogens is 176 g/mol. The van der Waals surface area contributed by atoms with Crippen molar-refractivity contribution in [3.8, 4) is 6.07 Å². The van der Waals surface area contributed by atoms with Gasteiger partial charge in [-0.25, -0.2) is 9.97 Å². The van der Waals surface area contributed by atoms with Gasteiger partial charge in [0.25, 0.3) is 0 Å². The maximum Gasteiger partial charge on any atom is 0.132 e. The monoisotopic (exact) mass is 190 g/mol. The quantitative estimate of drug-likeness (QED) is 0.725. The summed E-state index contributed by atoms with van der Waals surface area (Å²) in [6.45, 7) is 3.85. The van der Waals surface area contributed by atoms with Crippen molar-refractivity contribution in [3.63, 3.8) is 0 Å². The van der Waals surface area contributed by atoms with Gasteiger partial charge < -0.3 is 4.90 Å². The minimum atomic E-state index is 0.175. The summed E-state index contributed by atoms with van der Waals surface area (Å²) in [7, 11) is 1.93. The first-order valence-corrected chi connectivity index (χ1v) is 4.54. The molecule has 0 radical (unpaired) electrons. The van der Waals surface area contributed by atoms with E-state index in [0.29, 0.717) is 6.42 Å². The number of aryl methyl sites for hydroxylation is 1. The third kappa shape index (κ3) is 2.43. The van der Waals surface area contributed by atoms with E-state index in [1.54, 1.807) is 6.20 Å². The summed E-state index contributed by atoms with van der Waals surface area (Å²) in [6.07, 6.45) is 2.23. The molecule has 0 spiro atoms. The first-order valence-electron chi connectivity index (χ1n) is 4.54. The van der Waals surface area contributed by atoms with Crippen molar-refractivity contribution in [2.24, 2.45) is 0 Å². The zero-order valence-corrected chi connectivity index (χ0v) is 8.73. The summed E-state index contributed by atoms with van der Waals surface area (Å²) < 4.78 is 0. The highest BCUT2D eigenvalue weighted by Gasteiger charge is 2.10. The van der Waals surface area contributed by atoms with Gasteiger partial charge in [-0.2, -0.15) is 5.26 Å². The summed E-state index contributed by atoms with van der Waals surface area (Å²) in [6, 6.07) is 4.17. The minimum absolute atomic E-state index is 0.175. The Labute approximate surface area is 84.2 Å². The van der Waals surface area contributed by atoms with Gasteiger partial charge in [0.1, 0.15) is 11.6 Å². The Morgan fingerprint density at radius 2 is 2.36 bits per heavy atom. The van der Waals surface area contributed by atoms with E-state index in [1.807, 2.05) is 31.9 Å². The average Bonchev–Trinajstić information content (AvgIpc) is 2.17. The fraction of sp³-hybridized carbons (Fsp3) is 0.500. The van der Waals surface area contributed by atoms with Crippen molar-refractivity contribution < 1.29 is 0 Å². The van der Waals surface area contributed by atoms with Crippen molar-refractivity contribution in [1.29, 1.82) is 5.26 Å². The predicted octanol–water partition coefficient (Wildman–Crippen LogP) is 1.52. The number of nitriles is 1. The van der Waals surface area contributed by atoms with Crippen LogP contribution < -0.4 is 4.90 Å². The maximum atomic E-state index is 8.58. The molecule has 0 aromatic carbocycles. The van der Waals surface area contributed by atoms with Crippen molar-refractivity contribution >= 4 is 5.82 Å². The number of hydrogen-bond acceptors (Lipinski definition) is 4. The smallest absolute Gasteiger partial charge is 0.132 e. The Balaban J connectivity index is 2.79. The molecule has 1 unspecified atom stereocenters. The molecule has 4 nitrogen and oxygen atoms in total. The molecule has 74 valence electrons. The molecule has 1 rings (SSSR count). The van der Waals surface area contributed by atoms with Crippen molar-refractivity contribution in [2.75, 3.05) is 11.9 Å². The van der Waals surface area contributed by atoms with E-state index < -0.39 is 0 Å². The van der Waals surface area contributed by atoms with Gasteiger partial charge in [-0.05, 0) is 19.9 Å². The van der Waals surface area contributed by atoms with Gasteiger partial charge in [0.2, 0.25) is 0 Å². The maximum absolute atomic E-state index is 8.58. The summed E-state index contributed by atoms with van der Waals surface area (Å²) in [5, 5.41) is 8.58. The standard InChI is InChI=1S/C10H14N4/c1-8(4-6-11)14(3)10-5-7-12-9(2)13-10/h5,7-8H,4H2,1-3H3. The minimum Gasteiger partial charge on any atom is -0.356 e. The van der Waals surface area contributed by atoms with Crippen LogP contribution in [0, 0.1) is 18.3 Å². The first-order chi connectivity index (χ1) is 6.65. The van der Waals surface area contributed by atoms with Crippen LogP contribution in [0.25, 0.3) is 0 Å². The molecule has 0 saturated carbocycles. The third-order valence-electron chi connectivity index (χ3n) is 2.17. The second-order valence-corrected chi connectivity index (χ2v) is 3.28. The van der Waals surface area contributed by atoms with Crippen LogP contribution in [0.15, 0.2) is 12.3 Å². The first kappa shape index (κ1) is 10.5. The molecule has 0 N–H and O–H groups in total. The Hall–Kier alpha value is -1.63. The summed E-state index contributed by atoms with van der Waals surface area (Å²) in [5.41, 5.74) is 0. The van der Waals surface area contributed by atoms with E-state index in [4.69, 9.17) is 5.26 Å². The lowest BCUT2D eigenvalue weighted by Gasteiger charge is -2.23. The van der Waals surface area contributed by atoms with Crippen LogP contribution in [0.1, 0.15) is 19.2 Å². The topological polar surface area (TPSA) is 52.8 Å². The van der Waals surface area contributed by atoms with Gasteiger partial charge in [-0.1, -0.05) is 0 Å². The van der Waals surface area contributed by atoms with Crippen LogP contribution in [-0.4, -0.2) is 23.1 Å². The van der Waals surface area contributed by atoms with Gasteiger partial charge in [-0.3, -0.25) is 0 Å². The van der Waals surface area contributed by atoms with Gasteiger partial charge >= 0.3 is 0 Å². The number of rotatable bonds is 3. The fourth-order valence-corrected chi connectivity index (χ4v) is 1.13. The highest BCUT2D eigenvalue weighted by atomic mass is 15.2. The Morgan fingerprint density at radius 1 is 1.64 bits per heavy atom. The largest absolute Gasteiger partial charge is 0.356 e. The normalized spacial score (nSPS) is 11.9. The zero-order chi connectivity index (χ0) is 10.6. The predicted molar refractivity (Wildman–Crippen MR) is 54.9 cm³/mol. The van der Waals surface area contributed by atoms with Crippen LogP contribution in [0.4, 0.5) is 5.82 Å². The Morgan fingerprint density at radius 3 is 2.93 bits per heavy atom. The van der Waals surface area contributed by atoms with Gasteiger partial charge in [0, 0.05) is 19.3 Å². The molecule has 1 aromatic rings. The zero-order valence-electron chi connectivity index (χ0n) is 8.73. The van der Waals surface area contributed by atoms with E-state index in [0.717, 1.165) is 11.6 Å². The third-order valence-corrected chi connectivity index (χ3v) is 2.17. The molecule has 0 aliphatic rings. The van der Waals surface area contributed by atoms with Crippen molar-refractivity contribution in [1.82, 2.24) is 9.97 Å². The summed E-state index contributed by atoms with van der Waals surface area (Å²) >= 11 is 0. The molecule has 4 heteroatoms. The molecular formula is C10H14N4. The van der Waals surface area contributed by atoms with Crippen molar-refractivity contribution in [3.05, 3.63) is 18.1 Å². The fourth-order valence-electron chi connectivity index (χ4n) is 1.13. The van der Waals surface area contributed by atoms with Gasteiger partial charge in [0.05, 0.1) is 12.5 Å². The highest BCUT2D eigenvalue weighted by molar-refractivity contribution is 5.37. The van der Waals surface area contributed by atoms with Crippen LogP contribution in [0.5, 0.6) is 0 Å². The molecule has 0 aliphatic carbocycles. The summed E-state index contributed by atoms with van der Waals surface area (Å²) in [5.74, 6) is 1.61. The van der Waals surface area contributed by atoms with E-state index in [2.05, 4.69) is 16.0 Å². The molecule has 0 saturated heterocycles. The summed E-state index contributed by atoms with van der Waals surface area (Å²) in [4.78, 5) is 10.3. The van der Waals surface area contributed by atoms with Crippen LogP contribution >= 0.6 is 0 Å². The van der Waals surface area contributed by atoms with Gasteiger partial charge in [0.15, 0.2) is 0 Å². The molecule has 0 amide bonds. The molecule has 0 fully saturated rings. The molecule has 14 heavy (non-hydrogen) atoms. The van der Waals surface area contributed by atoms with Crippen LogP contribution in [0.2, 0.25) is 0 Å².